The quantitative estimate of drug-likeness (QED) is 0.842. The number of nitrogens with one attached hydrogen (secondary N) is 1. The molecule has 1 aromatic rings. The van der Waals surface area contributed by atoms with Crippen molar-refractivity contribution in [2.24, 2.45) is 0 Å². The van der Waals surface area contributed by atoms with Gasteiger partial charge in [0.15, 0.2) is 9.84 Å². The topological polar surface area (TPSA) is 82.6 Å². The largest absolute Gasteiger partial charge is 0.357 e. The molecule has 0 spiro atoms. The van der Waals surface area contributed by atoms with Gasteiger partial charge in [-0.25, -0.2) is 13.4 Å². The summed E-state index contributed by atoms with van der Waals surface area (Å²) in [5.74, 6) is 1.14. The number of likely N-dealkylation sites (N-methyl/N-ethyl adjacent to an activating group) is 1. The highest BCUT2D eigenvalue weighted by molar-refractivity contribution is 7.91. The maximum Gasteiger partial charge on any atom is 0.238 e. The number of anilines is 2. The second-order valence-electron chi connectivity index (χ2n) is 6.62. The number of hydrogen-bond donors (Lipinski definition) is 1. The second kappa shape index (κ2) is 7.06. The fourth-order valence-corrected chi connectivity index (χ4v) is 5.08. The van der Waals surface area contributed by atoms with Gasteiger partial charge in [0, 0.05) is 19.1 Å². The standard InChI is InChI=1S/C16H24N4O3S/c1-19(14-6-9-24(22,23)12-14)11-16(21)18-13-4-5-15(17-10-13)20-7-2-3-8-20/h4-5,10,14H,2-3,6-9,11-12H2,1H3,(H,18,21). The van der Waals surface area contributed by atoms with Crippen LogP contribution in [0.25, 0.3) is 0 Å². The number of rotatable bonds is 5. The van der Waals surface area contributed by atoms with Crippen LogP contribution in [0.3, 0.4) is 0 Å². The Labute approximate surface area is 143 Å². The zero-order chi connectivity index (χ0) is 17.2. The molecule has 1 atom stereocenters. The normalized spacial score (nSPS) is 22.9. The van der Waals surface area contributed by atoms with E-state index in [4.69, 9.17) is 0 Å². The monoisotopic (exact) mass is 352 g/mol. The first kappa shape index (κ1) is 17.2. The number of aromatic nitrogens is 1. The van der Waals surface area contributed by atoms with E-state index in [1.54, 1.807) is 13.2 Å². The van der Waals surface area contributed by atoms with Gasteiger partial charge in [-0.15, -0.1) is 0 Å². The van der Waals surface area contributed by atoms with E-state index in [0.717, 1.165) is 18.9 Å². The lowest BCUT2D eigenvalue weighted by atomic mass is 10.2. The molecular formula is C16H24N4O3S. The lowest BCUT2D eigenvalue weighted by molar-refractivity contribution is -0.117. The van der Waals surface area contributed by atoms with E-state index in [9.17, 15) is 13.2 Å². The Morgan fingerprint density at radius 2 is 2.12 bits per heavy atom. The van der Waals surface area contributed by atoms with Crippen LogP contribution >= 0.6 is 0 Å². The van der Waals surface area contributed by atoms with Gasteiger partial charge < -0.3 is 10.2 Å². The third-order valence-electron chi connectivity index (χ3n) is 4.69. The third kappa shape index (κ3) is 4.24. The summed E-state index contributed by atoms with van der Waals surface area (Å²) in [4.78, 5) is 20.6. The molecule has 3 heterocycles. The van der Waals surface area contributed by atoms with Crippen LogP contribution in [0.5, 0.6) is 0 Å². The molecule has 1 unspecified atom stereocenters. The average Bonchev–Trinajstić information content (AvgIpc) is 3.17. The van der Waals surface area contributed by atoms with Crippen LogP contribution in [0.4, 0.5) is 11.5 Å². The van der Waals surface area contributed by atoms with Gasteiger partial charge >= 0.3 is 0 Å². The van der Waals surface area contributed by atoms with Gasteiger partial charge in [-0.05, 0) is 38.4 Å². The first-order chi connectivity index (χ1) is 11.4. The van der Waals surface area contributed by atoms with Crippen molar-refractivity contribution in [1.29, 1.82) is 0 Å². The average molecular weight is 352 g/mol. The summed E-state index contributed by atoms with van der Waals surface area (Å²) in [6.45, 7) is 2.25. The molecule has 2 fully saturated rings. The molecule has 24 heavy (non-hydrogen) atoms. The highest BCUT2D eigenvalue weighted by Crippen LogP contribution is 2.19. The number of hydrogen-bond acceptors (Lipinski definition) is 6. The molecule has 0 radical (unpaired) electrons. The van der Waals surface area contributed by atoms with E-state index in [-0.39, 0.29) is 30.0 Å². The molecule has 0 bridgehead atoms. The molecule has 1 amide bonds. The highest BCUT2D eigenvalue weighted by atomic mass is 32.2. The minimum Gasteiger partial charge on any atom is -0.357 e. The Morgan fingerprint density at radius 3 is 2.71 bits per heavy atom. The van der Waals surface area contributed by atoms with Gasteiger partial charge in [-0.2, -0.15) is 0 Å². The van der Waals surface area contributed by atoms with Crippen LogP contribution in [0, 0.1) is 0 Å². The fraction of sp³-hybridized carbons (Fsp3) is 0.625. The molecule has 132 valence electrons. The molecule has 0 aromatic carbocycles. The Kier molecular flexibility index (Phi) is 5.05. The van der Waals surface area contributed by atoms with Crippen LogP contribution in [-0.2, 0) is 14.6 Å². The van der Waals surface area contributed by atoms with Crippen LogP contribution in [0.15, 0.2) is 18.3 Å². The summed E-state index contributed by atoms with van der Waals surface area (Å²) >= 11 is 0. The molecule has 1 aromatic heterocycles. The Bertz CT molecular complexity index is 684. The molecule has 0 aliphatic carbocycles. The number of nitrogens with zero attached hydrogens (tertiary/aromatic N) is 3. The number of carbonyl (C=O) groups is 1. The number of amides is 1. The van der Waals surface area contributed by atoms with E-state index >= 15 is 0 Å². The summed E-state index contributed by atoms with van der Waals surface area (Å²) in [5, 5.41) is 2.82. The maximum atomic E-state index is 12.1. The van der Waals surface area contributed by atoms with Crippen LogP contribution in [-0.4, -0.2) is 68.4 Å². The fourth-order valence-electron chi connectivity index (χ4n) is 3.27. The third-order valence-corrected chi connectivity index (χ3v) is 6.44. The smallest absolute Gasteiger partial charge is 0.238 e. The zero-order valence-electron chi connectivity index (χ0n) is 13.9. The summed E-state index contributed by atoms with van der Waals surface area (Å²) in [5.41, 5.74) is 0.662. The summed E-state index contributed by atoms with van der Waals surface area (Å²) in [6.07, 6.45) is 4.66. The first-order valence-corrected chi connectivity index (χ1v) is 10.2. The van der Waals surface area contributed by atoms with Crippen molar-refractivity contribution in [2.75, 3.05) is 48.4 Å². The van der Waals surface area contributed by atoms with Crippen LogP contribution in [0.2, 0.25) is 0 Å². The Morgan fingerprint density at radius 1 is 1.38 bits per heavy atom. The Hall–Kier alpha value is -1.67. The highest BCUT2D eigenvalue weighted by Gasteiger charge is 2.31. The lowest BCUT2D eigenvalue weighted by Crippen LogP contribution is -2.38. The van der Waals surface area contributed by atoms with Crippen molar-refractivity contribution in [1.82, 2.24) is 9.88 Å². The predicted octanol–water partition coefficient (Wildman–Crippen LogP) is 0.739. The molecule has 2 aliphatic heterocycles. The van der Waals surface area contributed by atoms with Gasteiger partial charge in [0.05, 0.1) is 29.9 Å². The van der Waals surface area contributed by atoms with Gasteiger partial charge in [0.1, 0.15) is 5.82 Å². The van der Waals surface area contributed by atoms with Gasteiger partial charge in [0.2, 0.25) is 5.91 Å². The SMILES string of the molecule is CN(CC(=O)Nc1ccc(N2CCCC2)nc1)C1CCS(=O)(=O)C1. The van der Waals surface area contributed by atoms with Gasteiger partial charge in [-0.3, -0.25) is 9.69 Å². The number of sulfone groups is 1. The van der Waals surface area contributed by atoms with Crippen molar-refractivity contribution in [3.8, 4) is 0 Å². The van der Waals surface area contributed by atoms with Crippen molar-refractivity contribution >= 4 is 27.2 Å². The summed E-state index contributed by atoms with van der Waals surface area (Å²) in [6, 6.07) is 3.71. The zero-order valence-corrected chi connectivity index (χ0v) is 14.8. The predicted molar refractivity (Wildman–Crippen MR) is 94.0 cm³/mol. The van der Waals surface area contributed by atoms with Crippen molar-refractivity contribution in [3.05, 3.63) is 18.3 Å². The number of carbonyl (C=O) groups excluding carboxylic acids is 1. The molecular weight excluding hydrogens is 328 g/mol. The van der Waals surface area contributed by atoms with E-state index in [1.165, 1.54) is 12.8 Å². The molecule has 3 rings (SSSR count). The van der Waals surface area contributed by atoms with Crippen molar-refractivity contribution in [2.45, 2.75) is 25.3 Å². The van der Waals surface area contributed by atoms with Crippen molar-refractivity contribution < 1.29 is 13.2 Å². The molecule has 7 nitrogen and oxygen atoms in total. The summed E-state index contributed by atoms with van der Waals surface area (Å²) < 4.78 is 23.0. The minimum absolute atomic E-state index is 0.0728. The van der Waals surface area contributed by atoms with Gasteiger partial charge in [0.25, 0.3) is 0 Å². The molecule has 1 N–H and O–H groups in total. The van der Waals surface area contributed by atoms with Gasteiger partial charge in [-0.1, -0.05) is 0 Å². The minimum atomic E-state index is -2.94. The molecule has 2 aliphatic rings. The molecule has 8 heteroatoms. The Balaban J connectivity index is 1.51. The van der Waals surface area contributed by atoms with Crippen LogP contribution in [0.1, 0.15) is 19.3 Å². The van der Waals surface area contributed by atoms with E-state index in [0.29, 0.717) is 12.1 Å². The van der Waals surface area contributed by atoms with Crippen molar-refractivity contribution in [3.63, 3.8) is 0 Å². The second-order valence-corrected chi connectivity index (χ2v) is 8.85. The lowest BCUT2D eigenvalue weighted by Gasteiger charge is -2.22. The van der Waals surface area contributed by atoms with Crippen LogP contribution < -0.4 is 10.2 Å². The van der Waals surface area contributed by atoms with E-state index in [2.05, 4.69) is 15.2 Å². The molecule has 0 saturated carbocycles. The summed E-state index contributed by atoms with van der Waals surface area (Å²) in [7, 11) is -1.14. The number of pyridine rings is 1. The molecule has 2 saturated heterocycles. The van der Waals surface area contributed by atoms with E-state index < -0.39 is 9.84 Å². The first-order valence-electron chi connectivity index (χ1n) is 8.34. The van der Waals surface area contributed by atoms with E-state index in [1.807, 2.05) is 17.0 Å². The maximum absolute atomic E-state index is 12.1.